The Morgan fingerprint density at radius 2 is 1.88 bits per heavy atom. The van der Waals surface area contributed by atoms with E-state index < -0.39 is 11.9 Å². The first-order chi connectivity index (χ1) is 16.0. The molecule has 3 N–H and O–H groups in total. The molecular formula is C25H30N4O4. The van der Waals surface area contributed by atoms with Crippen LogP contribution in [-0.4, -0.2) is 48.3 Å². The first-order valence-electron chi connectivity index (χ1n) is 11.1. The Balaban J connectivity index is 1.66. The Labute approximate surface area is 193 Å². The third-order valence-electron chi connectivity index (χ3n) is 5.44. The minimum atomic E-state index is -0.914. The van der Waals surface area contributed by atoms with Crippen LogP contribution in [0.5, 0.6) is 0 Å². The number of carbonyl (C=O) groups excluding carboxylic acids is 3. The van der Waals surface area contributed by atoms with Crippen LogP contribution in [0.1, 0.15) is 31.7 Å². The van der Waals surface area contributed by atoms with Crippen molar-refractivity contribution in [1.82, 2.24) is 10.3 Å². The van der Waals surface area contributed by atoms with Gasteiger partial charge in [0, 0.05) is 36.7 Å². The Morgan fingerprint density at radius 1 is 1.15 bits per heavy atom. The summed E-state index contributed by atoms with van der Waals surface area (Å²) in [5, 5.41) is 5.32. The molecule has 0 aliphatic carbocycles. The summed E-state index contributed by atoms with van der Waals surface area (Å²) in [6.45, 7) is 2.79. The second-order valence-electron chi connectivity index (χ2n) is 7.80. The van der Waals surface area contributed by atoms with Gasteiger partial charge in [0.05, 0.1) is 18.6 Å². The Kier molecular flexibility index (Phi) is 8.86. The van der Waals surface area contributed by atoms with E-state index in [0.717, 1.165) is 21.1 Å². The fourth-order valence-electron chi connectivity index (χ4n) is 3.62. The number of ether oxygens (including phenoxy) is 1. The van der Waals surface area contributed by atoms with Gasteiger partial charge >= 0.3 is 0 Å². The van der Waals surface area contributed by atoms with Crippen LogP contribution in [-0.2, 0) is 25.7 Å². The van der Waals surface area contributed by atoms with E-state index in [2.05, 4.69) is 10.3 Å². The van der Waals surface area contributed by atoms with Crippen LogP contribution in [0.3, 0.4) is 0 Å². The highest BCUT2D eigenvalue weighted by Gasteiger charge is 2.25. The average molecular weight is 451 g/mol. The minimum Gasteiger partial charge on any atom is -0.374 e. The lowest BCUT2D eigenvalue weighted by Crippen LogP contribution is -2.53. The number of hydrogen-bond donors (Lipinski definition) is 2. The molecular weight excluding hydrogens is 420 g/mol. The van der Waals surface area contributed by atoms with E-state index in [0.29, 0.717) is 31.7 Å². The molecule has 1 unspecified atom stereocenters. The number of nitrogens with two attached hydrogens (primary N) is 1. The van der Waals surface area contributed by atoms with Crippen LogP contribution >= 0.6 is 0 Å². The molecule has 174 valence electrons. The van der Waals surface area contributed by atoms with Crippen LogP contribution in [0.2, 0.25) is 0 Å². The lowest BCUT2D eigenvalue weighted by Gasteiger charge is -2.23. The monoisotopic (exact) mass is 450 g/mol. The first kappa shape index (κ1) is 24.3. The smallest absolute Gasteiger partial charge is 0.261 e. The number of nitrogens with zero attached hydrogens (tertiary/aromatic N) is 2. The van der Waals surface area contributed by atoms with E-state index in [1.54, 1.807) is 6.92 Å². The number of fused-ring (bicyclic) bond motifs is 1. The van der Waals surface area contributed by atoms with Gasteiger partial charge in [0.1, 0.15) is 6.04 Å². The van der Waals surface area contributed by atoms with E-state index in [1.807, 2.05) is 54.6 Å². The molecule has 0 spiro atoms. The third-order valence-corrected chi connectivity index (χ3v) is 5.44. The number of hydrogen-bond acceptors (Lipinski definition) is 6. The summed E-state index contributed by atoms with van der Waals surface area (Å²) >= 11 is 0. The van der Waals surface area contributed by atoms with Crippen LogP contribution in [0.4, 0.5) is 0 Å². The molecule has 33 heavy (non-hydrogen) atoms. The van der Waals surface area contributed by atoms with Crippen molar-refractivity contribution in [2.75, 3.05) is 19.7 Å². The van der Waals surface area contributed by atoms with E-state index in [9.17, 15) is 14.4 Å². The summed E-state index contributed by atoms with van der Waals surface area (Å²) in [6.07, 6.45) is 0.649. The summed E-state index contributed by atoms with van der Waals surface area (Å²) in [5.74, 6) is 4.99. The van der Waals surface area contributed by atoms with Gasteiger partial charge in [-0.05, 0) is 25.0 Å². The molecule has 2 amide bonds. The summed E-state index contributed by atoms with van der Waals surface area (Å²) in [5.41, 5.74) is 1.56. The van der Waals surface area contributed by atoms with Crippen molar-refractivity contribution >= 4 is 23.2 Å². The topological polar surface area (TPSA) is 114 Å². The van der Waals surface area contributed by atoms with Crippen LogP contribution < -0.4 is 21.7 Å². The zero-order valence-corrected chi connectivity index (χ0v) is 18.8. The van der Waals surface area contributed by atoms with E-state index >= 15 is 0 Å². The summed E-state index contributed by atoms with van der Waals surface area (Å²) in [7, 11) is 0. The van der Waals surface area contributed by atoms with Crippen molar-refractivity contribution in [3.05, 3.63) is 70.7 Å². The van der Waals surface area contributed by atoms with E-state index in [4.69, 9.17) is 10.6 Å². The number of rotatable bonds is 10. The normalized spacial score (nSPS) is 14.0. The molecule has 0 fully saturated rings. The quantitative estimate of drug-likeness (QED) is 0.313. The Bertz CT molecular complexity index is 1100. The standard InChI is InChI=1S/C25H30N4O4/c1-2-29(26)25(32)22(17-33-16-18-8-4-3-5-9-18)28-24(31)13-12-20-19-10-6-7-11-21(19)27-15-14-23(20)30/h3-11,22H,2,12-17,26H2,1H3,(H,28,31). The molecule has 1 atom stereocenters. The van der Waals surface area contributed by atoms with Crippen molar-refractivity contribution in [2.45, 2.75) is 38.8 Å². The maximum atomic E-state index is 12.7. The number of hydrazine groups is 1. The van der Waals surface area contributed by atoms with Crippen molar-refractivity contribution < 1.29 is 19.1 Å². The number of para-hydroxylation sites is 1. The fraction of sp³-hybridized carbons (Fsp3) is 0.360. The maximum absolute atomic E-state index is 12.7. The number of amides is 2. The van der Waals surface area contributed by atoms with Crippen LogP contribution in [0, 0.1) is 0 Å². The molecule has 0 aromatic heterocycles. The number of Topliss-reactive ketones (excluding diaryl/α,β-unsaturated/α-hetero) is 1. The predicted octanol–water partition coefficient (Wildman–Crippen LogP) is 0.634. The van der Waals surface area contributed by atoms with Gasteiger partial charge in [0.15, 0.2) is 5.78 Å². The maximum Gasteiger partial charge on any atom is 0.261 e. The summed E-state index contributed by atoms with van der Waals surface area (Å²) < 4.78 is 5.68. The number of nitrogens with one attached hydrogen (secondary N) is 1. The van der Waals surface area contributed by atoms with Crippen molar-refractivity contribution in [1.29, 1.82) is 0 Å². The van der Waals surface area contributed by atoms with Gasteiger partial charge in [-0.15, -0.1) is 0 Å². The fourth-order valence-corrected chi connectivity index (χ4v) is 3.62. The molecule has 1 aliphatic heterocycles. The lowest BCUT2D eigenvalue weighted by atomic mass is 10.0. The molecule has 0 radical (unpaired) electrons. The third kappa shape index (κ3) is 6.81. The molecule has 3 rings (SSSR count). The second-order valence-corrected chi connectivity index (χ2v) is 7.80. The number of likely N-dealkylation sites (N-methyl/N-ethyl adjacent to an activating group) is 1. The number of benzene rings is 2. The molecule has 0 bridgehead atoms. The SMILES string of the molecule is CCN(N)C(=O)C(COCc1ccccc1)NC(=O)CCC1=c2ccccc2=NCCC1=O. The Morgan fingerprint density at radius 3 is 2.64 bits per heavy atom. The van der Waals surface area contributed by atoms with Crippen molar-refractivity contribution in [3.63, 3.8) is 0 Å². The lowest BCUT2D eigenvalue weighted by molar-refractivity contribution is -0.138. The average Bonchev–Trinajstić information content (AvgIpc) is 2.99. The molecule has 0 saturated carbocycles. The van der Waals surface area contributed by atoms with Gasteiger partial charge < -0.3 is 10.1 Å². The van der Waals surface area contributed by atoms with Crippen molar-refractivity contribution in [3.8, 4) is 0 Å². The van der Waals surface area contributed by atoms with Crippen molar-refractivity contribution in [2.24, 2.45) is 10.8 Å². The molecule has 2 aromatic rings. The van der Waals surface area contributed by atoms with Gasteiger partial charge in [0.25, 0.3) is 5.91 Å². The molecule has 1 aliphatic rings. The van der Waals surface area contributed by atoms with E-state index in [-0.39, 0.29) is 31.1 Å². The van der Waals surface area contributed by atoms with Crippen LogP contribution in [0.25, 0.3) is 5.57 Å². The van der Waals surface area contributed by atoms with Crippen LogP contribution in [0.15, 0.2) is 59.6 Å². The number of ketones is 1. The van der Waals surface area contributed by atoms with E-state index in [1.165, 1.54) is 0 Å². The minimum absolute atomic E-state index is 0.00515. The summed E-state index contributed by atoms with van der Waals surface area (Å²) in [4.78, 5) is 42.4. The highest BCUT2D eigenvalue weighted by molar-refractivity contribution is 6.15. The largest absolute Gasteiger partial charge is 0.374 e. The first-order valence-corrected chi connectivity index (χ1v) is 11.1. The van der Waals surface area contributed by atoms with Gasteiger partial charge in [-0.2, -0.15) is 0 Å². The molecule has 8 nitrogen and oxygen atoms in total. The summed E-state index contributed by atoms with van der Waals surface area (Å²) in [6, 6.07) is 16.1. The van der Waals surface area contributed by atoms with Gasteiger partial charge in [-0.1, -0.05) is 48.5 Å². The zero-order chi connectivity index (χ0) is 23.6. The second kappa shape index (κ2) is 12.0. The van der Waals surface area contributed by atoms with Gasteiger partial charge in [-0.25, -0.2) is 5.84 Å². The predicted molar refractivity (Wildman–Crippen MR) is 124 cm³/mol. The zero-order valence-electron chi connectivity index (χ0n) is 18.8. The highest BCUT2D eigenvalue weighted by atomic mass is 16.5. The van der Waals surface area contributed by atoms with Gasteiger partial charge in [0.2, 0.25) is 5.91 Å². The highest BCUT2D eigenvalue weighted by Crippen LogP contribution is 2.10. The van der Waals surface area contributed by atoms with Gasteiger partial charge in [-0.3, -0.25) is 24.4 Å². The molecule has 8 heteroatoms. The molecule has 2 aromatic carbocycles. The molecule has 0 saturated heterocycles. The Hall–Kier alpha value is -3.36. The number of carbonyl (C=O) groups is 3. The molecule has 1 heterocycles.